The van der Waals surface area contributed by atoms with Gasteiger partial charge in [-0.3, -0.25) is 4.68 Å². The molecule has 4 nitrogen and oxygen atoms in total. The fourth-order valence-corrected chi connectivity index (χ4v) is 2.44. The Morgan fingerprint density at radius 2 is 2.50 bits per heavy atom. The summed E-state index contributed by atoms with van der Waals surface area (Å²) >= 11 is 0. The Morgan fingerprint density at radius 3 is 3.22 bits per heavy atom. The highest BCUT2D eigenvalue weighted by molar-refractivity contribution is 5.37. The maximum absolute atomic E-state index is 5.62. The van der Waals surface area contributed by atoms with Crippen molar-refractivity contribution in [1.29, 1.82) is 0 Å². The van der Waals surface area contributed by atoms with Crippen LogP contribution in [-0.2, 0) is 11.3 Å². The van der Waals surface area contributed by atoms with Gasteiger partial charge in [0.15, 0.2) is 0 Å². The molecular weight excluding hydrogens is 226 g/mol. The Hall–Kier alpha value is -1.03. The summed E-state index contributed by atoms with van der Waals surface area (Å²) in [7, 11) is 0. The third-order valence-corrected chi connectivity index (χ3v) is 3.48. The molecule has 1 fully saturated rings. The van der Waals surface area contributed by atoms with E-state index >= 15 is 0 Å². The first-order valence-electron chi connectivity index (χ1n) is 7.16. The van der Waals surface area contributed by atoms with E-state index in [1.165, 1.54) is 19.3 Å². The summed E-state index contributed by atoms with van der Waals surface area (Å²) in [4.78, 5) is 0. The van der Waals surface area contributed by atoms with E-state index in [1.54, 1.807) is 0 Å². The molecule has 1 N–H and O–H groups in total. The van der Waals surface area contributed by atoms with Crippen LogP contribution in [0.3, 0.4) is 0 Å². The standard InChI is InChI=1S/C14H25N3O/c1-3-5-12(2)8-15-13-9-16-17(10-13)11-14-6-4-7-18-14/h9-10,12,14-15H,3-8,11H2,1-2H3. The Labute approximate surface area is 110 Å². The molecule has 2 atom stereocenters. The molecule has 2 rings (SSSR count). The van der Waals surface area contributed by atoms with Crippen LogP contribution in [-0.4, -0.2) is 29.0 Å². The van der Waals surface area contributed by atoms with Gasteiger partial charge in [0.05, 0.1) is 24.5 Å². The third kappa shape index (κ3) is 4.02. The van der Waals surface area contributed by atoms with Crippen LogP contribution in [0.2, 0.25) is 0 Å². The minimum absolute atomic E-state index is 0.358. The molecule has 1 aromatic heterocycles. The zero-order valence-electron chi connectivity index (χ0n) is 11.6. The largest absolute Gasteiger partial charge is 0.382 e. The average molecular weight is 251 g/mol. The molecule has 1 saturated heterocycles. The summed E-state index contributed by atoms with van der Waals surface area (Å²) in [5.41, 5.74) is 1.12. The van der Waals surface area contributed by atoms with Crippen molar-refractivity contribution < 1.29 is 4.74 Å². The lowest BCUT2D eigenvalue weighted by atomic mass is 10.1. The summed E-state index contributed by atoms with van der Waals surface area (Å²) in [6.07, 6.45) is 9.23. The molecule has 0 saturated carbocycles. The normalized spacial score (nSPS) is 21.1. The quantitative estimate of drug-likeness (QED) is 0.810. The monoisotopic (exact) mass is 251 g/mol. The first-order chi connectivity index (χ1) is 8.78. The molecule has 2 heterocycles. The van der Waals surface area contributed by atoms with Crippen molar-refractivity contribution in [3.63, 3.8) is 0 Å². The molecule has 0 amide bonds. The SMILES string of the molecule is CCCC(C)CNc1cnn(CC2CCCO2)c1. The van der Waals surface area contributed by atoms with E-state index in [1.807, 2.05) is 10.9 Å². The van der Waals surface area contributed by atoms with Crippen molar-refractivity contribution in [2.24, 2.45) is 5.92 Å². The Balaban J connectivity index is 1.75. The fourth-order valence-electron chi connectivity index (χ4n) is 2.44. The lowest BCUT2D eigenvalue weighted by Gasteiger charge is -2.11. The molecule has 4 heteroatoms. The van der Waals surface area contributed by atoms with Crippen LogP contribution >= 0.6 is 0 Å². The molecule has 0 aliphatic carbocycles. The van der Waals surface area contributed by atoms with Crippen molar-refractivity contribution >= 4 is 5.69 Å². The van der Waals surface area contributed by atoms with Gasteiger partial charge in [-0.25, -0.2) is 0 Å². The van der Waals surface area contributed by atoms with Gasteiger partial charge in [-0.2, -0.15) is 5.10 Å². The van der Waals surface area contributed by atoms with E-state index in [-0.39, 0.29) is 0 Å². The van der Waals surface area contributed by atoms with Crippen LogP contribution in [0.25, 0.3) is 0 Å². The molecule has 1 aliphatic rings. The van der Waals surface area contributed by atoms with Crippen LogP contribution < -0.4 is 5.32 Å². The average Bonchev–Trinajstić information content (AvgIpc) is 2.99. The number of aromatic nitrogens is 2. The second-order valence-corrected chi connectivity index (χ2v) is 5.36. The van der Waals surface area contributed by atoms with Gasteiger partial charge in [0.2, 0.25) is 0 Å². The maximum Gasteiger partial charge on any atom is 0.0771 e. The van der Waals surface area contributed by atoms with Crippen molar-refractivity contribution in [3.05, 3.63) is 12.4 Å². The van der Waals surface area contributed by atoms with E-state index < -0.39 is 0 Å². The Bertz CT molecular complexity index is 345. The first-order valence-corrected chi connectivity index (χ1v) is 7.16. The second-order valence-electron chi connectivity index (χ2n) is 5.36. The number of hydrogen-bond acceptors (Lipinski definition) is 3. The number of rotatable bonds is 7. The van der Waals surface area contributed by atoms with Gasteiger partial charge in [0.25, 0.3) is 0 Å². The Kier molecular flexibility index (Phi) is 5.05. The molecule has 1 aliphatic heterocycles. The maximum atomic E-state index is 5.62. The number of ether oxygens (including phenoxy) is 1. The number of nitrogens with zero attached hydrogens (tertiary/aromatic N) is 2. The lowest BCUT2D eigenvalue weighted by Crippen LogP contribution is -2.15. The molecule has 0 radical (unpaired) electrons. The predicted octanol–water partition coefficient (Wildman–Crippen LogP) is 2.91. The van der Waals surface area contributed by atoms with Crippen molar-refractivity contribution in [2.75, 3.05) is 18.5 Å². The van der Waals surface area contributed by atoms with Crippen molar-refractivity contribution in [3.8, 4) is 0 Å². The van der Waals surface area contributed by atoms with E-state index in [4.69, 9.17) is 4.74 Å². The minimum atomic E-state index is 0.358. The topological polar surface area (TPSA) is 39.1 Å². The molecule has 18 heavy (non-hydrogen) atoms. The summed E-state index contributed by atoms with van der Waals surface area (Å²) in [6.45, 7) is 7.33. The summed E-state index contributed by atoms with van der Waals surface area (Å²) < 4.78 is 7.60. The van der Waals surface area contributed by atoms with E-state index in [0.29, 0.717) is 6.10 Å². The summed E-state index contributed by atoms with van der Waals surface area (Å²) in [5, 5.41) is 7.83. The van der Waals surface area contributed by atoms with Crippen LogP contribution in [0.15, 0.2) is 12.4 Å². The van der Waals surface area contributed by atoms with Gasteiger partial charge in [-0.1, -0.05) is 20.3 Å². The van der Waals surface area contributed by atoms with E-state index in [2.05, 4.69) is 30.5 Å². The van der Waals surface area contributed by atoms with Gasteiger partial charge in [-0.15, -0.1) is 0 Å². The van der Waals surface area contributed by atoms with Gasteiger partial charge < -0.3 is 10.1 Å². The lowest BCUT2D eigenvalue weighted by molar-refractivity contribution is 0.0940. The number of nitrogens with one attached hydrogen (secondary N) is 1. The molecule has 0 spiro atoms. The molecular formula is C14H25N3O. The van der Waals surface area contributed by atoms with Gasteiger partial charge in [-0.05, 0) is 25.2 Å². The zero-order valence-corrected chi connectivity index (χ0v) is 11.6. The molecule has 1 aromatic rings. The second kappa shape index (κ2) is 6.78. The van der Waals surface area contributed by atoms with Gasteiger partial charge >= 0.3 is 0 Å². The van der Waals surface area contributed by atoms with Crippen LogP contribution in [0, 0.1) is 5.92 Å². The fraction of sp³-hybridized carbons (Fsp3) is 0.786. The Morgan fingerprint density at radius 1 is 1.61 bits per heavy atom. The van der Waals surface area contributed by atoms with E-state index in [9.17, 15) is 0 Å². The summed E-state index contributed by atoms with van der Waals surface area (Å²) in [6, 6.07) is 0. The smallest absolute Gasteiger partial charge is 0.0771 e. The van der Waals surface area contributed by atoms with Gasteiger partial charge in [0, 0.05) is 19.3 Å². The van der Waals surface area contributed by atoms with Crippen LogP contribution in [0.4, 0.5) is 5.69 Å². The van der Waals surface area contributed by atoms with Crippen molar-refractivity contribution in [1.82, 2.24) is 9.78 Å². The predicted molar refractivity (Wildman–Crippen MR) is 73.8 cm³/mol. The highest BCUT2D eigenvalue weighted by Crippen LogP contribution is 2.15. The molecule has 102 valence electrons. The molecule has 2 unspecified atom stereocenters. The first kappa shape index (κ1) is 13.4. The molecule has 0 bridgehead atoms. The minimum Gasteiger partial charge on any atom is -0.382 e. The summed E-state index contributed by atoms with van der Waals surface area (Å²) in [5.74, 6) is 0.719. The van der Waals surface area contributed by atoms with E-state index in [0.717, 1.165) is 37.7 Å². The highest BCUT2D eigenvalue weighted by atomic mass is 16.5. The van der Waals surface area contributed by atoms with Crippen LogP contribution in [0.5, 0.6) is 0 Å². The van der Waals surface area contributed by atoms with Crippen LogP contribution in [0.1, 0.15) is 39.5 Å². The van der Waals surface area contributed by atoms with Gasteiger partial charge in [0.1, 0.15) is 0 Å². The van der Waals surface area contributed by atoms with Crippen molar-refractivity contribution in [2.45, 2.75) is 52.2 Å². The molecule has 0 aromatic carbocycles. The number of anilines is 1. The number of hydrogen-bond donors (Lipinski definition) is 1. The third-order valence-electron chi connectivity index (χ3n) is 3.48. The zero-order chi connectivity index (χ0) is 12.8. The highest BCUT2D eigenvalue weighted by Gasteiger charge is 2.16.